The van der Waals surface area contributed by atoms with Crippen LogP contribution < -0.4 is 11.4 Å². The maximum absolute atomic E-state index is 11.8. The Balaban J connectivity index is 2.19. The molecule has 2 aromatic rings. The van der Waals surface area contributed by atoms with Gasteiger partial charge in [-0.3, -0.25) is 4.98 Å². The van der Waals surface area contributed by atoms with Crippen LogP contribution in [0.15, 0.2) is 23.4 Å². The van der Waals surface area contributed by atoms with Crippen LogP contribution in [-0.4, -0.2) is 25.2 Å². The first kappa shape index (κ1) is 10.8. The molecular weight excluding hydrogens is 206 g/mol. The zero-order chi connectivity index (χ0) is 11.5. The topological polar surface area (TPSA) is 78.2 Å². The second-order valence-electron chi connectivity index (χ2n) is 3.93. The predicted octanol–water partition coefficient (Wildman–Crippen LogP) is 0.0184. The van der Waals surface area contributed by atoms with Crippen LogP contribution in [0.25, 0.3) is 5.65 Å². The van der Waals surface area contributed by atoms with E-state index in [1.54, 1.807) is 18.6 Å². The smallest absolute Gasteiger partial charge is 0.328 e. The number of nitrogens with zero attached hydrogens (tertiary/aromatic N) is 4. The van der Waals surface area contributed by atoms with Gasteiger partial charge in [-0.25, -0.2) is 13.9 Å². The highest BCUT2D eigenvalue weighted by molar-refractivity contribution is 5.31. The molecular formula is C10H15N5O. The second-order valence-corrected chi connectivity index (χ2v) is 3.93. The van der Waals surface area contributed by atoms with Gasteiger partial charge in [-0.1, -0.05) is 0 Å². The van der Waals surface area contributed by atoms with Crippen molar-refractivity contribution in [1.82, 2.24) is 19.2 Å². The van der Waals surface area contributed by atoms with Gasteiger partial charge >= 0.3 is 5.69 Å². The maximum Gasteiger partial charge on any atom is 0.350 e. The van der Waals surface area contributed by atoms with E-state index >= 15 is 0 Å². The van der Waals surface area contributed by atoms with Gasteiger partial charge in [-0.15, -0.1) is 5.10 Å². The van der Waals surface area contributed by atoms with E-state index in [0.717, 1.165) is 12.8 Å². The number of hydrogen-bond acceptors (Lipinski definition) is 4. The maximum atomic E-state index is 11.8. The van der Waals surface area contributed by atoms with Gasteiger partial charge in [0.25, 0.3) is 0 Å². The Bertz CT molecular complexity index is 527. The van der Waals surface area contributed by atoms with Crippen LogP contribution in [0.1, 0.15) is 19.8 Å². The largest absolute Gasteiger partial charge is 0.350 e. The molecule has 0 saturated carbocycles. The summed E-state index contributed by atoms with van der Waals surface area (Å²) in [7, 11) is 0. The summed E-state index contributed by atoms with van der Waals surface area (Å²) in [5, 5.41) is 4.17. The lowest BCUT2D eigenvalue weighted by molar-refractivity contribution is 0.513. The third-order valence-corrected chi connectivity index (χ3v) is 2.42. The van der Waals surface area contributed by atoms with E-state index in [0.29, 0.717) is 12.2 Å². The van der Waals surface area contributed by atoms with Crippen molar-refractivity contribution in [3.8, 4) is 0 Å². The van der Waals surface area contributed by atoms with Gasteiger partial charge in [0.2, 0.25) is 0 Å². The lowest BCUT2D eigenvalue weighted by Crippen LogP contribution is -2.22. The lowest BCUT2D eigenvalue weighted by Gasteiger charge is -2.03. The van der Waals surface area contributed by atoms with Crippen LogP contribution in [0.3, 0.4) is 0 Å². The number of hydrogen-bond donors (Lipinski definition) is 1. The van der Waals surface area contributed by atoms with Crippen molar-refractivity contribution in [2.24, 2.45) is 5.73 Å². The molecule has 6 heteroatoms. The Morgan fingerprint density at radius 2 is 2.38 bits per heavy atom. The molecule has 0 spiro atoms. The van der Waals surface area contributed by atoms with E-state index in [9.17, 15) is 4.79 Å². The molecule has 1 unspecified atom stereocenters. The zero-order valence-electron chi connectivity index (χ0n) is 9.21. The molecule has 86 valence electrons. The summed E-state index contributed by atoms with van der Waals surface area (Å²) in [6.45, 7) is 2.55. The molecule has 2 heterocycles. The van der Waals surface area contributed by atoms with Gasteiger partial charge in [0.1, 0.15) is 0 Å². The van der Waals surface area contributed by atoms with Gasteiger partial charge in [0.15, 0.2) is 5.65 Å². The Labute approximate surface area is 92.7 Å². The van der Waals surface area contributed by atoms with Crippen LogP contribution in [0.2, 0.25) is 0 Å². The Morgan fingerprint density at radius 3 is 3.06 bits per heavy atom. The minimum atomic E-state index is -0.123. The van der Waals surface area contributed by atoms with Crippen molar-refractivity contribution >= 4 is 5.65 Å². The standard InChI is InChI=1S/C10H15N5O/c1-8(11)3-2-5-15-10(16)14-6-4-12-7-9(14)13-15/h4,6-8H,2-3,5,11H2,1H3. The zero-order valence-corrected chi connectivity index (χ0v) is 9.21. The molecule has 2 aromatic heterocycles. The van der Waals surface area contributed by atoms with E-state index < -0.39 is 0 Å². The highest BCUT2D eigenvalue weighted by Gasteiger charge is 2.05. The minimum absolute atomic E-state index is 0.123. The van der Waals surface area contributed by atoms with Gasteiger partial charge < -0.3 is 5.73 Å². The van der Waals surface area contributed by atoms with Gasteiger partial charge in [-0.2, -0.15) is 0 Å². The van der Waals surface area contributed by atoms with Crippen LogP contribution in [0, 0.1) is 0 Å². The Kier molecular flexibility index (Phi) is 3.00. The fourth-order valence-electron chi connectivity index (χ4n) is 1.59. The second kappa shape index (κ2) is 4.44. The number of aryl methyl sites for hydroxylation is 1. The Hall–Kier alpha value is -1.69. The number of nitrogens with two attached hydrogens (primary N) is 1. The molecule has 1 atom stereocenters. The van der Waals surface area contributed by atoms with Crippen molar-refractivity contribution in [3.63, 3.8) is 0 Å². The molecule has 2 rings (SSSR count). The summed E-state index contributed by atoms with van der Waals surface area (Å²) >= 11 is 0. The summed E-state index contributed by atoms with van der Waals surface area (Å²) in [5.41, 5.74) is 6.10. The predicted molar refractivity (Wildman–Crippen MR) is 60.1 cm³/mol. The van der Waals surface area contributed by atoms with E-state index in [4.69, 9.17) is 5.73 Å². The highest BCUT2D eigenvalue weighted by Crippen LogP contribution is 1.97. The quantitative estimate of drug-likeness (QED) is 0.789. The van der Waals surface area contributed by atoms with Crippen LogP contribution in [-0.2, 0) is 6.54 Å². The summed E-state index contributed by atoms with van der Waals surface area (Å²) in [6.07, 6.45) is 6.51. The van der Waals surface area contributed by atoms with Crippen molar-refractivity contribution in [2.45, 2.75) is 32.4 Å². The van der Waals surface area contributed by atoms with Crippen LogP contribution >= 0.6 is 0 Å². The lowest BCUT2D eigenvalue weighted by atomic mass is 10.2. The first-order valence-corrected chi connectivity index (χ1v) is 5.33. The fourth-order valence-corrected chi connectivity index (χ4v) is 1.59. The summed E-state index contributed by atoms with van der Waals surface area (Å²) in [4.78, 5) is 15.7. The SMILES string of the molecule is CC(N)CCCn1nc2cnccn2c1=O. The average Bonchev–Trinajstić information content (AvgIpc) is 2.56. The molecule has 2 N–H and O–H groups in total. The molecule has 0 aliphatic rings. The highest BCUT2D eigenvalue weighted by atomic mass is 16.2. The molecule has 0 aliphatic heterocycles. The van der Waals surface area contributed by atoms with Crippen molar-refractivity contribution in [3.05, 3.63) is 29.1 Å². The molecule has 6 nitrogen and oxygen atoms in total. The van der Waals surface area contributed by atoms with Gasteiger partial charge in [-0.05, 0) is 19.8 Å². The summed E-state index contributed by atoms with van der Waals surface area (Å²) in [5.74, 6) is 0. The van der Waals surface area contributed by atoms with Crippen molar-refractivity contribution in [1.29, 1.82) is 0 Å². The summed E-state index contributed by atoms with van der Waals surface area (Å²) in [6, 6.07) is 0.161. The van der Waals surface area contributed by atoms with Crippen LogP contribution in [0.5, 0.6) is 0 Å². The fraction of sp³-hybridized carbons (Fsp3) is 0.500. The molecule has 16 heavy (non-hydrogen) atoms. The first-order chi connectivity index (χ1) is 7.68. The van der Waals surface area contributed by atoms with Crippen molar-refractivity contribution < 1.29 is 0 Å². The van der Waals surface area contributed by atoms with Crippen molar-refractivity contribution in [2.75, 3.05) is 0 Å². The Morgan fingerprint density at radius 1 is 1.56 bits per heavy atom. The number of fused-ring (bicyclic) bond motifs is 1. The first-order valence-electron chi connectivity index (χ1n) is 5.33. The van der Waals surface area contributed by atoms with E-state index in [1.165, 1.54) is 9.08 Å². The molecule has 0 aliphatic carbocycles. The molecule has 0 amide bonds. The monoisotopic (exact) mass is 221 g/mol. The molecule has 0 bridgehead atoms. The molecule has 0 fully saturated rings. The third-order valence-electron chi connectivity index (χ3n) is 2.42. The number of aromatic nitrogens is 4. The van der Waals surface area contributed by atoms with E-state index in [1.807, 2.05) is 6.92 Å². The minimum Gasteiger partial charge on any atom is -0.328 e. The number of rotatable bonds is 4. The summed E-state index contributed by atoms with van der Waals surface area (Å²) < 4.78 is 2.94. The average molecular weight is 221 g/mol. The molecule has 0 saturated heterocycles. The van der Waals surface area contributed by atoms with Gasteiger partial charge in [0, 0.05) is 25.0 Å². The van der Waals surface area contributed by atoms with Gasteiger partial charge in [0.05, 0.1) is 6.20 Å². The third kappa shape index (κ3) is 2.11. The molecule has 0 aromatic carbocycles. The van der Waals surface area contributed by atoms with E-state index in [2.05, 4.69) is 10.1 Å². The normalized spacial score (nSPS) is 13.1. The van der Waals surface area contributed by atoms with Crippen LogP contribution in [0.4, 0.5) is 0 Å². The molecule has 0 radical (unpaired) electrons. The van der Waals surface area contributed by atoms with E-state index in [-0.39, 0.29) is 11.7 Å².